The molecule has 1 N–H and O–H groups in total. The number of nitrogens with one attached hydrogen (secondary N) is 1. The van der Waals surface area contributed by atoms with Gasteiger partial charge in [-0.15, -0.1) is 0 Å². The number of carbonyl (C=O) groups excluding carboxylic acids is 1. The molecule has 4 nitrogen and oxygen atoms in total. The number of rotatable bonds is 6. The van der Waals surface area contributed by atoms with Gasteiger partial charge in [0.25, 0.3) is 6.43 Å². The molecule has 0 radical (unpaired) electrons. The van der Waals surface area contributed by atoms with Gasteiger partial charge in [-0.2, -0.15) is 5.10 Å². The van der Waals surface area contributed by atoms with E-state index in [1.807, 2.05) is 6.92 Å². The van der Waals surface area contributed by atoms with Gasteiger partial charge in [0.05, 0.1) is 10.2 Å². The van der Waals surface area contributed by atoms with Crippen LogP contribution in [0.5, 0.6) is 0 Å². The lowest BCUT2D eigenvalue weighted by Crippen LogP contribution is -2.29. The maximum Gasteiger partial charge on any atom is 0.283 e. The number of alkyl halides is 2. The zero-order valence-electron chi connectivity index (χ0n) is 10.3. The van der Waals surface area contributed by atoms with E-state index in [0.717, 1.165) is 12.8 Å². The molecule has 0 saturated heterocycles. The Bertz CT molecular complexity index is 421. The molecule has 0 spiro atoms. The van der Waals surface area contributed by atoms with Gasteiger partial charge in [0.15, 0.2) is 0 Å². The van der Waals surface area contributed by atoms with Crippen molar-refractivity contribution in [2.45, 2.75) is 39.7 Å². The van der Waals surface area contributed by atoms with Crippen LogP contribution in [-0.4, -0.2) is 22.2 Å². The van der Waals surface area contributed by atoms with E-state index in [4.69, 9.17) is 0 Å². The van der Waals surface area contributed by atoms with Gasteiger partial charge in [0.2, 0.25) is 5.91 Å². The monoisotopic (exact) mass is 323 g/mol. The van der Waals surface area contributed by atoms with Crippen LogP contribution in [0.4, 0.5) is 8.78 Å². The molecule has 0 atom stereocenters. The minimum Gasteiger partial charge on any atom is -0.354 e. The standard InChI is InChI=1S/C11H16BrF2N3O/c1-3-4-5-15-8(18)6-17-7(2)9(12)10(16-17)11(13)14/h11H,3-6H2,1-2H3,(H,15,18). The Morgan fingerprint density at radius 3 is 2.72 bits per heavy atom. The van der Waals surface area contributed by atoms with Crippen molar-refractivity contribution in [3.63, 3.8) is 0 Å². The molecule has 0 aromatic carbocycles. The lowest BCUT2D eigenvalue weighted by atomic mass is 10.3. The Kier molecular flexibility index (Phi) is 5.71. The van der Waals surface area contributed by atoms with Crippen molar-refractivity contribution < 1.29 is 13.6 Å². The molecule has 0 aliphatic carbocycles. The van der Waals surface area contributed by atoms with Crippen LogP contribution in [0.15, 0.2) is 4.47 Å². The van der Waals surface area contributed by atoms with Gasteiger partial charge in [-0.05, 0) is 29.3 Å². The lowest BCUT2D eigenvalue weighted by molar-refractivity contribution is -0.121. The molecule has 1 aromatic rings. The second-order valence-electron chi connectivity index (χ2n) is 3.95. The second kappa shape index (κ2) is 6.82. The highest BCUT2D eigenvalue weighted by Gasteiger charge is 2.20. The number of hydrogen-bond donors (Lipinski definition) is 1. The third kappa shape index (κ3) is 3.76. The van der Waals surface area contributed by atoms with E-state index >= 15 is 0 Å². The largest absolute Gasteiger partial charge is 0.354 e. The summed E-state index contributed by atoms with van der Waals surface area (Å²) in [4.78, 5) is 11.6. The summed E-state index contributed by atoms with van der Waals surface area (Å²) in [7, 11) is 0. The van der Waals surface area contributed by atoms with E-state index in [2.05, 4.69) is 26.3 Å². The topological polar surface area (TPSA) is 46.9 Å². The minimum absolute atomic E-state index is 0.0408. The number of carbonyl (C=O) groups is 1. The number of hydrogen-bond acceptors (Lipinski definition) is 2. The van der Waals surface area contributed by atoms with Crippen molar-refractivity contribution in [2.75, 3.05) is 6.54 Å². The van der Waals surface area contributed by atoms with Crippen molar-refractivity contribution >= 4 is 21.8 Å². The first-order valence-corrected chi connectivity index (χ1v) is 6.54. The number of nitrogens with zero attached hydrogens (tertiary/aromatic N) is 2. The van der Waals surface area contributed by atoms with Crippen LogP contribution in [0.3, 0.4) is 0 Å². The lowest BCUT2D eigenvalue weighted by Gasteiger charge is -2.05. The van der Waals surface area contributed by atoms with Crippen molar-refractivity contribution in [1.29, 1.82) is 0 Å². The van der Waals surface area contributed by atoms with Crippen LogP contribution < -0.4 is 5.32 Å². The Hall–Kier alpha value is -0.980. The van der Waals surface area contributed by atoms with Gasteiger partial charge in [-0.1, -0.05) is 13.3 Å². The number of aromatic nitrogens is 2. The fourth-order valence-corrected chi connectivity index (χ4v) is 1.89. The molecule has 0 unspecified atom stereocenters. The summed E-state index contributed by atoms with van der Waals surface area (Å²) in [6.07, 6.45) is -0.764. The van der Waals surface area contributed by atoms with Gasteiger partial charge in [-0.25, -0.2) is 8.78 Å². The molecule has 7 heteroatoms. The maximum atomic E-state index is 12.6. The molecule has 1 heterocycles. The van der Waals surface area contributed by atoms with E-state index in [0.29, 0.717) is 12.2 Å². The molecule has 1 amide bonds. The first-order chi connectivity index (χ1) is 8.47. The summed E-state index contributed by atoms with van der Waals surface area (Å²) in [5.74, 6) is -0.220. The highest BCUT2D eigenvalue weighted by Crippen LogP contribution is 2.28. The van der Waals surface area contributed by atoms with Gasteiger partial charge < -0.3 is 5.32 Å². The zero-order chi connectivity index (χ0) is 13.7. The van der Waals surface area contributed by atoms with E-state index < -0.39 is 6.43 Å². The summed E-state index contributed by atoms with van der Waals surface area (Å²) < 4.78 is 26.7. The van der Waals surface area contributed by atoms with Crippen molar-refractivity contribution in [2.24, 2.45) is 0 Å². The van der Waals surface area contributed by atoms with Crippen LogP contribution in [-0.2, 0) is 11.3 Å². The zero-order valence-corrected chi connectivity index (χ0v) is 11.9. The quantitative estimate of drug-likeness (QED) is 0.818. The average molecular weight is 324 g/mol. The van der Waals surface area contributed by atoms with E-state index in [1.165, 1.54) is 4.68 Å². The molecule has 0 aliphatic heterocycles. The van der Waals surface area contributed by atoms with Gasteiger partial charge in [0, 0.05) is 6.54 Å². The van der Waals surface area contributed by atoms with Gasteiger partial charge >= 0.3 is 0 Å². The molecule has 0 bridgehead atoms. The number of halogens is 3. The SMILES string of the molecule is CCCCNC(=O)Cn1nc(C(F)F)c(Br)c1C. The molecular weight excluding hydrogens is 308 g/mol. The molecule has 18 heavy (non-hydrogen) atoms. The average Bonchev–Trinajstić information content (AvgIpc) is 2.58. The summed E-state index contributed by atoms with van der Waals surface area (Å²) in [6, 6.07) is 0. The summed E-state index contributed by atoms with van der Waals surface area (Å²) >= 11 is 3.06. The molecular formula is C11H16BrF2N3O. The van der Waals surface area contributed by atoms with E-state index in [-0.39, 0.29) is 22.6 Å². The van der Waals surface area contributed by atoms with Crippen molar-refractivity contribution in [3.05, 3.63) is 15.9 Å². The fourth-order valence-electron chi connectivity index (χ4n) is 1.44. The van der Waals surface area contributed by atoms with Gasteiger partial charge in [0.1, 0.15) is 12.2 Å². The van der Waals surface area contributed by atoms with Crippen molar-refractivity contribution in [1.82, 2.24) is 15.1 Å². The smallest absolute Gasteiger partial charge is 0.283 e. The Morgan fingerprint density at radius 2 is 2.22 bits per heavy atom. The first-order valence-electron chi connectivity index (χ1n) is 5.75. The molecule has 0 aliphatic rings. The fraction of sp³-hybridized carbons (Fsp3) is 0.636. The molecule has 1 rings (SSSR count). The van der Waals surface area contributed by atoms with Crippen molar-refractivity contribution in [3.8, 4) is 0 Å². The van der Waals surface area contributed by atoms with E-state index in [1.54, 1.807) is 6.92 Å². The predicted octanol–water partition coefficient (Wildman–Crippen LogP) is 2.81. The molecule has 1 aromatic heterocycles. The number of amides is 1. The van der Waals surface area contributed by atoms with E-state index in [9.17, 15) is 13.6 Å². The molecule has 102 valence electrons. The van der Waals surface area contributed by atoms with Gasteiger partial charge in [-0.3, -0.25) is 9.48 Å². The Balaban J connectivity index is 2.67. The number of unbranched alkanes of at least 4 members (excludes halogenated alkanes) is 1. The third-order valence-corrected chi connectivity index (χ3v) is 3.49. The normalized spacial score (nSPS) is 11.0. The highest BCUT2D eigenvalue weighted by atomic mass is 79.9. The predicted molar refractivity (Wildman–Crippen MR) is 67.5 cm³/mol. The first kappa shape index (κ1) is 15.1. The Morgan fingerprint density at radius 1 is 1.56 bits per heavy atom. The van der Waals surface area contributed by atoms with Crippen LogP contribution in [0.1, 0.15) is 37.6 Å². The summed E-state index contributed by atoms with van der Waals surface area (Å²) in [6.45, 7) is 4.22. The Labute approximate surface area is 113 Å². The second-order valence-corrected chi connectivity index (χ2v) is 4.74. The third-order valence-electron chi connectivity index (χ3n) is 2.51. The molecule has 0 fully saturated rings. The summed E-state index contributed by atoms with van der Waals surface area (Å²) in [5.41, 5.74) is 0.199. The summed E-state index contributed by atoms with van der Waals surface area (Å²) in [5, 5.41) is 6.45. The molecule has 0 saturated carbocycles. The van der Waals surface area contributed by atoms with Crippen LogP contribution >= 0.6 is 15.9 Å². The maximum absolute atomic E-state index is 12.6. The minimum atomic E-state index is -2.65. The van der Waals surface area contributed by atoms with Crippen LogP contribution in [0, 0.1) is 6.92 Å². The van der Waals surface area contributed by atoms with Crippen LogP contribution in [0.2, 0.25) is 0 Å². The highest BCUT2D eigenvalue weighted by molar-refractivity contribution is 9.10. The van der Waals surface area contributed by atoms with Crippen LogP contribution in [0.25, 0.3) is 0 Å².